The van der Waals surface area contributed by atoms with Gasteiger partial charge in [-0.15, -0.1) is 0 Å². The van der Waals surface area contributed by atoms with E-state index in [1.807, 2.05) is 11.6 Å². The second-order valence-electron chi connectivity index (χ2n) is 3.82. The highest BCUT2D eigenvalue weighted by Crippen LogP contribution is 2.35. The maximum Gasteiger partial charge on any atom is 0.303 e. The first kappa shape index (κ1) is 9.24. The third-order valence-corrected chi connectivity index (χ3v) is 2.65. The molecule has 4 heteroatoms. The van der Waals surface area contributed by atoms with Crippen molar-refractivity contribution in [1.29, 1.82) is 0 Å². The molecule has 1 N–H and O–H groups in total. The van der Waals surface area contributed by atoms with Gasteiger partial charge < -0.3 is 5.11 Å². The number of nitrogens with zero attached hydrogens (tertiary/aromatic N) is 2. The smallest absolute Gasteiger partial charge is 0.303 e. The van der Waals surface area contributed by atoms with Crippen LogP contribution in [0.5, 0.6) is 0 Å². The Balaban J connectivity index is 2.06. The van der Waals surface area contributed by atoms with Gasteiger partial charge in [0, 0.05) is 12.1 Å². The molecule has 0 amide bonds. The fourth-order valence-electron chi connectivity index (χ4n) is 1.63. The van der Waals surface area contributed by atoms with Crippen LogP contribution in [0.3, 0.4) is 0 Å². The highest BCUT2D eigenvalue weighted by molar-refractivity contribution is 5.67. The van der Waals surface area contributed by atoms with E-state index in [9.17, 15) is 4.79 Å². The van der Waals surface area contributed by atoms with Crippen molar-refractivity contribution in [2.45, 2.75) is 38.6 Å². The molecule has 1 heterocycles. The lowest BCUT2D eigenvalue weighted by molar-refractivity contribution is -0.136. The molecule has 0 aromatic carbocycles. The number of rotatable bonds is 4. The molecule has 0 radical (unpaired) electrons. The fraction of sp³-hybridized carbons (Fsp3) is 0.600. The Labute approximate surface area is 82.5 Å². The summed E-state index contributed by atoms with van der Waals surface area (Å²) in [5.41, 5.74) is 2.20. The molecule has 14 heavy (non-hydrogen) atoms. The Morgan fingerprint density at radius 1 is 1.71 bits per heavy atom. The van der Waals surface area contributed by atoms with Crippen LogP contribution in [0.15, 0.2) is 6.20 Å². The first-order valence-electron chi connectivity index (χ1n) is 4.93. The number of aromatic nitrogens is 2. The van der Waals surface area contributed by atoms with Gasteiger partial charge in [0.1, 0.15) is 0 Å². The summed E-state index contributed by atoms with van der Waals surface area (Å²) in [5, 5.41) is 12.8. The topological polar surface area (TPSA) is 55.1 Å². The molecule has 1 saturated carbocycles. The van der Waals surface area contributed by atoms with E-state index in [1.165, 1.54) is 12.8 Å². The molecule has 0 aliphatic heterocycles. The maximum atomic E-state index is 10.4. The number of carbonyl (C=O) groups is 1. The van der Waals surface area contributed by atoms with Crippen molar-refractivity contribution < 1.29 is 9.90 Å². The lowest BCUT2D eigenvalue weighted by Crippen LogP contribution is -2.01. The normalized spacial score (nSPS) is 15.8. The van der Waals surface area contributed by atoms with Gasteiger partial charge in [-0.05, 0) is 31.7 Å². The van der Waals surface area contributed by atoms with Gasteiger partial charge in [-0.25, -0.2) is 0 Å². The predicted octanol–water partition coefficient (Wildman–Crippen LogP) is 1.54. The zero-order chi connectivity index (χ0) is 10.1. The Morgan fingerprint density at radius 3 is 3.00 bits per heavy atom. The van der Waals surface area contributed by atoms with Gasteiger partial charge in [-0.3, -0.25) is 9.48 Å². The van der Waals surface area contributed by atoms with Gasteiger partial charge in [0.25, 0.3) is 0 Å². The third-order valence-electron chi connectivity index (χ3n) is 2.65. The largest absolute Gasteiger partial charge is 0.481 e. The third kappa shape index (κ3) is 1.78. The molecule has 0 atom stereocenters. The Hall–Kier alpha value is -1.32. The minimum Gasteiger partial charge on any atom is -0.481 e. The van der Waals surface area contributed by atoms with Crippen LogP contribution in [-0.2, 0) is 11.2 Å². The molecule has 0 saturated heterocycles. The van der Waals surface area contributed by atoms with E-state index in [0.29, 0.717) is 12.5 Å². The summed E-state index contributed by atoms with van der Waals surface area (Å²) in [6.45, 7) is 2.02. The zero-order valence-corrected chi connectivity index (χ0v) is 8.23. The van der Waals surface area contributed by atoms with Crippen LogP contribution in [0.4, 0.5) is 0 Å². The predicted molar refractivity (Wildman–Crippen MR) is 51.2 cm³/mol. The summed E-state index contributed by atoms with van der Waals surface area (Å²) in [7, 11) is 0. The van der Waals surface area contributed by atoms with E-state index < -0.39 is 5.97 Å². The summed E-state index contributed by atoms with van der Waals surface area (Å²) >= 11 is 0. The van der Waals surface area contributed by atoms with Gasteiger partial charge in [-0.2, -0.15) is 5.10 Å². The van der Waals surface area contributed by atoms with Crippen LogP contribution >= 0.6 is 0 Å². The van der Waals surface area contributed by atoms with E-state index in [4.69, 9.17) is 5.11 Å². The summed E-state index contributed by atoms with van der Waals surface area (Å²) in [4.78, 5) is 10.4. The molecule has 76 valence electrons. The lowest BCUT2D eigenvalue weighted by Gasteiger charge is -2.01. The first-order valence-corrected chi connectivity index (χ1v) is 4.93. The Kier molecular flexibility index (Phi) is 2.27. The standard InChI is InChI=1S/C10H14N2O2/c1-7-8(2-5-10(13)14)6-11-12(7)9-3-4-9/h6,9H,2-5H2,1H3,(H,13,14). The Morgan fingerprint density at radius 2 is 2.43 bits per heavy atom. The molecule has 0 unspecified atom stereocenters. The van der Waals surface area contributed by atoms with Crippen molar-refractivity contribution in [2.75, 3.05) is 0 Å². The van der Waals surface area contributed by atoms with Crippen molar-refractivity contribution in [1.82, 2.24) is 9.78 Å². The van der Waals surface area contributed by atoms with Gasteiger partial charge >= 0.3 is 5.97 Å². The minimum absolute atomic E-state index is 0.192. The zero-order valence-electron chi connectivity index (χ0n) is 8.23. The molecule has 1 aliphatic carbocycles. The average Bonchev–Trinajstić information content (AvgIpc) is 2.89. The molecule has 0 spiro atoms. The number of carboxylic acid groups (broad SMARTS) is 1. The quantitative estimate of drug-likeness (QED) is 0.791. The van der Waals surface area contributed by atoms with Crippen LogP contribution in [0.1, 0.15) is 36.6 Å². The fourth-order valence-corrected chi connectivity index (χ4v) is 1.63. The van der Waals surface area contributed by atoms with Crippen LogP contribution in [0, 0.1) is 6.92 Å². The van der Waals surface area contributed by atoms with Crippen molar-refractivity contribution in [3.63, 3.8) is 0 Å². The molecule has 1 aliphatic rings. The highest BCUT2D eigenvalue weighted by atomic mass is 16.4. The molecule has 1 fully saturated rings. The first-order chi connectivity index (χ1) is 6.68. The SMILES string of the molecule is Cc1c(CCC(=O)O)cnn1C1CC1. The van der Waals surface area contributed by atoms with E-state index >= 15 is 0 Å². The minimum atomic E-state index is -0.747. The molecular weight excluding hydrogens is 180 g/mol. The van der Waals surface area contributed by atoms with Crippen molar-refractivity contribution in [2.24, 2.45) is 0 Å². The van der Waals surface area contributed by atoms with Crippen molar-refractivity contribution >= 4 is 5.97 Å². The van der Waals surface area contributed by atoms with Crippen molar-refractivity contribution in [3.8, 4) is 0 Å². The van der Waals surface area contributed by atoms with Gasteiger partial charge in [0.05, 0.1) is 12.2 Å². The van der Waals surface area contributed by atoms with E-state index in [0.717, 1.165) is 11.3 Å². The number of hydrogen-bond donors (Lipinski definition) is 1. The van der Waals surface area contributed by atoms with Gasteiger partial charge in [0.15, 0.2) is 0 Å². The summed E-state index contributed by atoms with van der Waals surface area (Å²) in [6, 6.07) is 0.577. The van der Waals surface area contributed by atoms with Crippen LogP contribution in [0.2, 0.25) is 0 Å². The van der Waals surface area contributed by atoms with E-state index in [2.05, 4.69) is 5.10 Å². The monoisotopic (exact) mass is 194 g/mol. The van der Waals surface area contributed by atoms with Crippen LogP contribution in [0.25, 0.3) is 0 Å². The Bertz CT molecular complexity index is 353. The van der Waals surface area contributed by atoms with Gasteiger partial charge in [0.2, 0.25) is 0 Å². The number of aliphatic carboxylic acids is 1. The maximum absolute atomic E-state index is 10.4. The molecule has 2 rings (SSSR count). The molecular formula is C10H14N2O2. The number of aryl methyl sites for hydroxylation is 1. The molecule has 1 aromatic rings. The van der Waals surface area contributed by atoms with Gasteiger partial charge in [-0.1, -0.05) is 0 Å². The lowest BCUT2D eigenvalue weighted by atomic mass is 10.1. The van der Waals surface area contributed by atoms with Crippen LogP contribution in [-0.4, -0.2) is 20.9 Å². The summed E-state index contributed by atoms with van der Waals surface area (Å²) < 4.78 is 2.02. The van der Waals surface area contributed by atoms with Crippen LogP contribution < -0.4 is 0 Å². The second-order valence-corrected chi connectivity index (χ2v) is 3.82. The summed E-state index contributed by atoms with van der Waals surface area (Å²) in [5.74, 6) is -0.747. The molecule has 0 bridgehead atoms. The highest BCUT2D eigenvalue weighted by Gasteiger charge is 2.26. The average molecular weight is 194 g/mol. The number of carboxylic acids is 1. The molecule has 1 aromatic heterocycles. The van der Waals surface area contributed by atoms with Crippen molar-refractivity contribution in [3.05, 3.63) is 17.5 Å². The van der Waals surface area contributed by atoms with E-state index in [-0.39, 0.29) is 6.42 Å². The molecule has 4 nitrogen and oxygen atoms in total. The number of hydrogen-bond acceptors (Lipinski definition) is 2. The van der Waals surface area contributed by atoms with E-state index in [1.54, 1.807) is 6.20 Å². The summed E-state index contributed by atoms with van der Waals surface area (Å²) in [6.07, 6.45) is 5.00. The second kappa shape index (κ2) is 3.44.